The minimum atomic E-state index is -0.721. The van der Waals surface area contributed by atoms with Crippen LogP contribution >= 0.6 is 0 Å². The molecule has 5 heteroatoms. The molecular weight excluding hydrogens is 271 g/mol. The number of carbonyl (C=O) groups is 1. The van der Waals surface area contributed by atoms with Crippen molar-refractivity contribution in [3.8, 4) is 0 Å². The van der Waals surface area contributed by atoms with Gasteiger partial charge in [0.05, 0.1) is 0 Å². The van der Waals surface area contributed by atoms with Gasteiger partial charge in [-0.2, -0.15) is 0 Å². The van der Waals surface area contributed by atoms with E-state index >= 15 is 0 Å². The van der Waals surface area contributed by atoms with Crippen molar-refractivity contribution in [2.24, 2.45) is 11.8 Å². The van der Waals surface area contributed by atoms with Crippen molar-refractivity contribution in [1.29, 1.82) is 0 Å². The smallest absolute Gasteiger partial charge is 0.320 e. The molecular formula is C16H27FN2O2. The van der Waals surface area contributed by atoms with E-state index in [9.17, 15) is 9.18 Å². The Bertz CT molecular complexity index is 379. The second-order valence-electron chi connectivity index (χ2n) is 7.10. The summed E-state index contributed by atoms with van der Waals surface area (Å²) in [7, 11) is 0. The topological polar surface area (TPSA) is 52.6 Å². The van der Waals surface area contributed by atoms with E-state index in [2.05, 4.69) is 10.2 Å². The first-order valence-corrected chi connectivity index (χ1v) is 8.48. The van der Waals surface area contributed by atoms with Crippen LogP contribution in [-0.2, 0) is 4.79 Å². The molecule has 0 radical (unpaired) electrons. The predicted molar refractivity (Wildman–Crippen MR) is 79.0 cm³/mol. The van der Waals surface area contributed by atoms with Crippen LogP contribution in [0.15, 0.2) is 0 Å². The molecule has 120 valence electrons. The Labute approximate surface area is 126 Å². The van der Waals surface area contributed by atoms with Gasteiger partial charge < -0.3 is 10.4 Å². The molecule has 3 fully saturated rings. The Morgan fingerprint density at radius 1 is 1.14 bits per heavy atom. The molecule has 2 aliphatic heterocycles. The molecule has 5 atom stereocenters. The number of carboxylic acid groups (broad SMARTS) is 1. The average Bonchev–Trinajstić information content (AvgIpc) is 2.69. The summed E-state index contributed by atoms with van der Waals surface area (Å²) in [6, 6.07) is 0.144. The van der Waals surface area contributed by atoms with Gasteiger partial charge in [0.15, 0.2) is 0 Å². The lowest BCUT2D eigenvalue weighted by molar-refractivity contribution is -0.139. The summed E-state index contributed by atoms with van der Waals surface area (Å²) >= 11 is 0. The number of halogens is 1. The van der Waals surface area contributed by atoms with Gasteiger partial charge in [0.2, 0.25) is 0 Å². The number of nitrogens with zero attached hydrogens (tertiary/aromatic N) is 1. The summed E-state index contributed by atoms with van der Waals surface area (Å²) in [4.78, 5) is 13.5. The Balaban J connectivity index is 1.58. The monoisotopic (exact) mass is 298 g/mol. The second-order valence-corrected chi connectivity index (χ2v) is 7.10. The van der Waals surface area contributed by atoms with Gasteiger partial charge in [0, 0.05) is 12.6 Å². The number of fused-ring (bicyclic) bond motifs is 1. The summed E-state index contributed by atoms with van der Waals surface area (Å²) in [5.74, 6) is 0.499. The molecule has 2 N–H and O–H groups in total. The highest BCUT2D eigenvalue weighted by Crippen LogP contribution is 2.37. The van der Waals surface area contributed by atoms with Gasteiger partial charge in [-0.25, -0.2) is 4.39 Å². The van der Waals surface area contributed by atoms with E-state index in [1.54, 1.807) is 0 Å². The van der Waals surface area contributed by atoms with Crippen molar-refractivity contribution >= 4 is 5.97 Å². The zero-order valence-electron chi connectivity index (χ0n) is 12.6. The van der Waals surface area contributed by atoms with E-state index < -0.39 is 12.1 Å². The third kappa shape index (κ3) is 3.57. The van der Waals surface area contributed by atoms with Crippen molar-refractivity contribution in [3.63, 3.8) is 0 Å². The molecule has 0 aromatic carbocycles. The first-order chi connectivity index (χ1) is 10.1. The Kier molecular flexibility index (Phi) is 4.79. The average molecular weight is 298 g/mol. The van der Waals surface area contributed by atoms with E-state index in [1.165, 1.54) is 0 Å². The van der Waals surface area contributed by atoms with Crippen molar-refractivity contribution in [2.75, 3.05) is 19.6 Å². The van der Waals surface area contributed by atoms with Crippen molar-refractivity contribution in [2.45, 2.75) is 63.2 Å². The summed E-state index contributed by atoms with van der Waals surface area (Å²) < 4.78 is 13.6. The molecule has 0 aromatic rings. The van der Waals surface area contributed by atoms with Crippen molar-refractivity contribution in [1.82, 2.24) is 10.2 Å². The first-order valence-electron chi connectivity index (χ1n) is 8.48. The summed E-state index contributed by atoms with van der Waals surface area (Å²) in [5, 5.41) is 12.4. The highest BCUT2D eigenvalue weighted by atomic mass is 19.1. The minimum Gasteiger partial charge on any atom is -0.480 e. The van der Waals surface area contributed by atoms with Gasteiger partial charge in [-0.05, 0) is 69.9 Å². The first kappa shape index (κ1) is 15.2. The highest BCUT2D eigenvalue weighted by molar-refractivity contribution is 5.73. The number of alkyl halides is 1. The van der Waals surface area contributed by atoms with Gasteiger partial charge in [0.25, 0.3) is 0 Å². The molecule has 1 saturated carbocycles. The highest BCUT2D eigenvalue weighted by Gasteiger charge is 2.37. The van der Waals surface area contributed by atoms with Crippen LogP contribution in [0.3, 0.4) is 0 Å². The maximum atomic E-state index is 13.6. The third-order valence-corrected chi connectivity index (χ3v) is 5.77. The molecule has 21 heavy (non-hydrogen) atoms. The van der Waals surface area contributed by atoms with Crippen molar-refractivity contribution in [3.05, 3.63) is 0 Å². The van der Waals surface area contributed by atoms with Crippen LogP contribution in [0, 0.1) is 11.8 Å². The van der Waals surface area contributed by atoms with E-state index in [0.29, 0.717) is 24.4 Å². The van der Waals surface area contributed by atoms with Gasteiger partial charge >= 0.3 is 5.97 Å². The Morgan fingerprint density at radius 2 is 1.95 bits per heavy atom. The molecule has 3 aliphatic rings. The van der Waals surface area contributed by atoms with Crippen LogP contribution in [0.1, 0.15) is 44.9 Å². The summed E-state index contributed by atoms with van der Waals surface area (Å²) in [6.45, 7) is 2.48. The summed E-state index contributed by atoms with van der Waals surface area (Å²) in [6.07, 6.45) is 6.21. The molecule has 1 aliphatic carbocycles. The number of rotatable bonds is 2. The predicted octanol–water partition coefficient (Wildman–Crippen LogP) is 2.04. The Morgan fingerprint density at radius 3 is 2.71 bits per heavy atom. The molecule has 3 rings (SSSR count). The number of hydrogen-bond donors (Lipinski definition) is 2. The van der Waals surface area contributed by atoms with Crippen LogP contribution in [0.25, 0.3) is 0 Å². The quantitative estimate of drug-likeness (QED) is 0.819. The van der Waals surface area contributed by atoms with Gasteiger partial charge in [0.1, 0.15) is 12.2 Å². The zero-order chi connectivity index (χ0) is 14.8. The number of likely N-dealkylation sites (tertiary alicyclic amines) is 1. The second kappa shape index (κ2) is 6.61. The molecule has 0 aromatic heterocycles. The lowest BCUT2D eigenvalue weighted by Crippen LogP contribution is -2.47. The van der Waals surface area contributed by atoms with Gasteiger partial charge in [-0.1, -0.05) is 0 Å². The van der Waals surface area contributed by atoms with E-state index in [1.807, 2.05) is 0 Å². The third-order valence-electron chi connectivity index (χ3n) is 5.77. The van der Waals surface area contributed by atoms with Crippen LogP contribution in [-0.4, -0.2) is 53.9 Å². The number of hydrogen-bond acceptors (Lipinski definition) is 3. The number of nitrogens with one attached hydrogen (secondary N) is 1. The summed E-state index contributed by atoms with van der Waals surface area (Å²) in [5.41, 5.74) is 0. The number of aliphatic carboxylic acids is 1. The fraction of sp³-hybridized carbons (Fsp3) is 0.938. The van der Waals surface area contributed by atoms with E-state index in [-0.39, 0.29) is 6.04 Å². The van der Waals surface area contributed by atoms with Gasteiger partial charge in [-0.15, -0.1) is 0 Å². The van der Waals surface area contributed by atoms with E-state index in [4.69, 9.17) is 5.11 Å². The maximum absolute atomic E-state index is 13.6. The molecule has 2 saturated heterocycles. The fourth-order valence-electron chi connectivity index (χ4n) is 4.53. The number of piperidine rings is 1. The minimum absolute atomic E-state index is 0.376. The maximum Gasteiger partial charge on any atom is 0.320 e. The lowest BCUT2D eigenvalue weighted by atomic mass is 9.74. The number of carboxylic acids is 1. The standard InChI is InChI=1S/C16H27FN2O2/c17-13-2-1-7-19(10-13)14-5-3-12-9-18-15(16(20)21)6-4-11(12)8-14/h11-15,18H,1-10H2,(H,20,21). The van der Waals surface area contributed by atoms with Crippen LogP contribution in [0.5, 0.6) is 0 Å². The molecule has 5 unspecified atom stereocenters. The molecule has 0 bridgehead atoms. The molecule has 4 nitrogen and oxygen atoms in total. The van der Waals surface area contributed by atoms with Gasteiger partial charge in [-0.3, -0.25) is 9.69 Å². The lowest BCUT2D eigenvalue weighted by Gasteiger charge is -2.43. The Hall–Kier alpha value is -0.680. The molecule has 0 spiro atoms. The van der Waals surface area contributed by atoms with Crippen molar-refractivity contribution < 1.29 is 14.3 Å². The van der Waals surface area contributed by atoms with E-state index in [0.717, 1.165) is 58.0 Å². The zero-order valence-corrected chi connectivity index (χ0v) is 12.6. The molecule has 2 heterocycles. The fourth-order valence-corrected chi connectivity index (χ4v) is 4.53. The normalized spacial score (nSPS) is 42.0. The van der Waals surface area contributed by atoms with Crippen LogP contribution in [0.4, 0.5) is 4.39 Å². The van der Waals surface area contributed by atoms with Crippen LogP contribution in [0.2, 0.25) is 0 Å². The largest absolute Gasteiger partial charge is 0.480 e. The van der Waals surface area contributed by atoms with Crippen LogP contribution < -0.4 is 5.32 Å². The molecule has 0 amide bonds. The SMILES string of the molecule is O=C(O)C1CCC2CC(N3CCCC(F)C3)CCC2CN1.